The van der Waals surface area contributed by atoms with Crippen molar-refractivity contribution < 1.29 is 32.7 Å². The lowest BCUT2D eigenvalue weighted by Gasteiger charge is -2.51. The molecule has 2 aliphatic heterocycles. The van der Waals surface area contributed by atoms with E-state index in [0.717, 1.165) is 25.7 Å². The molecule has 48 heavy (non-hydrogen) atoms. The first-order chi connectivity index (χ1) is 23.1. The summed E-state index contributed by atoms with van der Waals surface area (Å²) in [6.45, 7) is 7.79. The predicted octanol–water partition coefficient (Wildman–Crippen LogP) is 7.35. The number of nitrogens with one attached hydrogen (secondary N) is 1. The summed E-state index contributed by atoms with van der Waals surface area (Å²) in [6, 6.07) is 9.88. The number of likely N-dealkylation sites (tertiary alicyclic amines) is 2. The molecule has 3 aliphatic rings. The standard InChI is InChI=1S/C37H45ClFN3O6/c1-4-46-36(45)25-13-15-27(16-14-25)48-37(41-17-7-8-18-41,42-23(2)11-12-24(42)3)34(43)20-26-19-30(38)32(21-31(26)39)40-35(44)29-22-47-33-10-6-5-9-28(29)33/h5-6,9-10,19,21-25,27H,4,7-8,11-18,20H2,1-3H3,(H,40,44)/t23-,24-,25?,27?,37?/m1/s1. The van der Waals surface area contributed by atoms with Crippen LogP contribution in [0.3, 0.4) is 0 Å². The third kappa shape index (κ3) is 6.77. The lowest BCUT2D eigenvalue weighted by molar-refractivity contribution is -0.265. The molecule has 1 aromatic heterocycles. The summed E-state index contributed by atoms with van der Waals surface area (Å²) < 4.78 is 33.7. The van der Waals surface area contributed by atoms with Crippen molar-refractivity contribution in [1.82, 2.24) is 9.80 Å². The summed E-state index contributed by atoms with van der Waals surface area (Å²) in [6.07, 6.45) is 7.10. The zero-order valence-electron chi connectivity index (χ0n) is 27.9. The second-order valence-electron chi connectivity index (χ2n) is 13.5. The minimum Gasteiger partial charge on any atom is -0.466 e. The van der Waals surface area contributed by atoms with E-state index in [1.807, 2.05) is 13.0 Å². The van der Waals surface area contributed by atoms with Crippen LogP contribution < -0.4 is 5.32 Å². The Labute approximate surface area is 286 Å². The van der Waals surface area contributed by atoms with Crippen LogP contribution in [0.4, 0.5) is 10.1 Å². The maximum atomic E-state index is 15.9. The van der Waals surface area contributed by atoms with Crippen LogP contribution in [-0.2, 0) is 25.5 Å². The molecule has 3 heterocycles. The van der Waals surface area contributed by atoms with E-state index in [2.05, 4.69) is 29.0 Å². The molecule has 6 rings (SSSR count). The van der Waals surface area contributed by atoms with Gasteiger partial charge < -0.3 is 19.2 Å². The number of esters is 1. The maximum Gasteiger partial charge on any atom is 0.308 e. The highest BCUT2D eigenvalue weighted by Crippen LogP contribution is 2.42. The van der Waals surface area contributed by atoms with Crippen LogP contribution in [-0.4, -0.2) is 71.2 Å². The zero-order valence-corrected chi connectivity index (χ0v) is 28.7. The minimum atomic E-state index is -1.39. The van der Waals surface area contributed by atoms with Crippen molar-refractivity contribution in [3.63, 3.8) is 0 Å². The molecule has 1 unspecified atom stereocenters. The number of Topliss-reactive ketones (excluding diaryl/α,β-unsaturated/α-hetero) is 1. The Balaban J connectivity index is 1.27. The van der Waals surface area contributed by atoms with Gasteiger partial charge in [0.1, 0.15) is 17.7 Å². The number of furan rings is 1. The van der Waals surface area contributed by atoms with Gasteiger partial charge in [0.25, 0.3) is 5.91 Å². The Morgan fingerprint density at radius 2 is 1.71 bits per heavy atom. The second-order valence-corrected chi connectivity index (χ2v) is 13.9. The molecule has 258 valence electrons. The van der Waals surface area contributed by atoms with Crippen LogP contribution in [0, 0.1) is 11.7 Å². The van der Waals surface area contributed by atoms with Gasteiger partial charge in [-0.3, -0.25) is 24.2 Å². The van der Waals surface area contributed by atoms with Crippen molar-refractivity contribution in [3.8, 4) is 0 Å². The van der Waals surface area contributed by atoms with E-state index in [4.69, 9.17) is 25.5 Å². The Bertz CT molecular complexity index is 1640. The Morgan fingerprint density at radius 3 is 2.40 bits per heavy atom. The number of ketones is 1. The summed E-state index contributed by atoms with van der Waals surface area (Å²) in [5, 5.41) is 3.45. The molecule has 1 amide bonds. The van der Waals surface area contributed by atoms with Gasteiger partial charge in [-0.05, 0) is 95.9 Å². The molecule has 1 saturated carbocycles. The van der Waals surface area contributed by atoms with Gasteiger partial charge in [-0.1, -0.05) is 29.8 Å². The van der Waals surface area contributed by atoms with E-state index in [9.17, 15) is 14.4 Å². The number of fused-ring (bicyclic) bond motifs is 1. The average Bonchev–Trinajstić information content (AvgIpc) is 3.84. The SMILES string of the molecule is CCOC(=O)C1CCC(OC(C(=O)Cc2cc(Cl)c(NC(=O)c3coc4ccccc34)cc2F)(N2CCCC2)N2[C@H](C)CC[C@H]2C)CC1. The lowest BCUT2D eigenvalue weighted by Crippen LogP contribution is -2.70. The van der Waals surface area contributed by atoms with Crippen LogP contribution in [0.5, 0.6) is 0 Å². The molecule has 11 heteroatoms. The third-order valence-electron chi connectivity index (χ3n) is 10.3. The Morgan fingerprint density at radius 1 is 1.02 bits per heavy atom. The molecule has 0 spiro atoms. The number of amides is 1. The number of hydrogen-bond acceptors (Lipinski definition) is 8. The van der Waals surface area contributed by atoms with Gasteiger partial charge in [0.05, 0.1) is 34.9 Å². The fourth-order valence-electron chi connectivity index (χ4n) is 7.86. The van der Waals surface area contributed by atoms with Crippen LogP contribution in [0.1, 0.15) is 88.1 Å². The van der Waals surface area contributed by atoms with Gasteiger partial charge in [-0.15, -0.1) is 0 Å². The van der Waals surface area contributed by atoms with Crippen molar-refractivity contribution >= 4 is 45.9 Å². The smallest absolute Gasteiger partial charge is 0.308 e. The van der Waals surface area contributed by atoms with Crippen LogP contribution in [0.2, 0.25) is 5.02 Å². The minimum absolute atomic E-state index is 0.0745. The highest BCUT2D eigenvalue weighted by molar-refractivity contribution is 6.34. The highest BCUT2D eigenvalue weighted by atomic mass is 35.5. The van der Waals surface area contributed by atoms with Crippen molar-refractivity contribution in [3.05, 3.63) is 64.6 Å². The Hall–Kier alpha value is -3.31. The number of para-hydroxylation sites is 1. The fourth-order valence-corrected chi connectivity index (χ4v) is 8.09. The molecular formula is C37H45ClFN3O6. The first-order valence-corrected chi connectivity index (χ1v) is 17.7. The van der Waals surface area contributed by atoms with Gasteiger partial charge in [-0.2, -0.15) is 0 Å². The number of carbonyl (C=O) groups excluding carboxylic acids is 3. The largest absolute Gasteiger partial charge is 0.466 e. The summed E-state index contributed by atoms with van der Waals surface area (Å²) in [7, 11) is 0. The van der Waals surface area contributed by atoms with Crippen LogP contribution in [0.25, 0.3) is 11.0 Å². The topological polar surface area (TPSA) is 101 Å². The van der Waals surface area contributed by atoms with Crippen molar-refractivity contribution in [2.75, 3.05) is 25.0 Å². The van der Waals surface area contributed by atoms with E-state index in [-0.39, 0.29) is 58.6 Å². The van der Waals surface area contributed by atoms with E-state index >= 15 is 4.39 Å². The molecule has 1 aliphatic carbocycles. The van der Waals surface area contributed by atoms with Crippen molar-refractivity contribution in [2.24, 2.45) is 5.92 Å². The summed E-state index contributed by atoms with van der Waals surface area (Å²) in [5.41, 5.74) is 1.10. The number of rotatable bonds is 11. The predicted molar refractivity (Wildman–Crippen MR) is 181 cm³/mol. The van der Waals surface area contributed by atoms with E-state index < -0.39 is 17.6 Å². The number of anilines is 1. The summed E-state index contributed by atoms with van der Waals surface area (Å²) >= 11 is 6.63. The van der Waals surface area contributed by atoms with Gasteiger partial charge in [0, 0.05) is 37.0 Å². The molecule has 2 saturated heterocycles. The molecule has 3 aromatic rings. The van der Waals surface area contributed by atoms with Crippen molar-refractivity contribution in [1.29, 1.82) is 0 Å². The molecule has 0 radical (unpaired) electrons. The third-order valence-corrected chi connectivity index (χ3v) is 10.6. The molecule has 0 bridgehead atoms. The van der Waals surface area contributed by atoms with Gasteiger partial charge in [-0.25, -0.2) is 4.39 Å². The summed E-state index contributed by atoms with van der Waals surface area (Å²) in [5.74, 6) is -3.11. The first-order valence-electron chi connectivity index (χ1n) is 17.3. The lowest BCUT2D eigenvalue weighted by atomic mass is 9.87. The number of halogens is 2. The van der Waals surface area contributed by atoms with Gasteiger partial charge >= 0.3 is 5.97 Å². The quantitative estimate of drug-likeness (QED) is 0.210. The molecule has 1 N–H and O–H groups in total. The van der Waals surface area contributed by atoms with Crippen LogP contribution >= 0.6 is 11.6 Å². The fraction of sp³-hybridized carbons (Fsp3) is 0.541. The molecule has 2 aromatic carbocycles. The van der Waals surface area contributed by atoms with E-state index in [0.29, 0.717) is 61.9 Å². The highest BCUT2D eigenvalue weighted by Gasteiger charge is 2.56. The average molecular weight is 682 g/mol. The van der Waals surface area contributed by atoms with Crippen LogP contribution in [0.15, 0.2) is 47.1 Å². The molecule has 3 fully saturated rings. The Kier molecular flexibility index (Phi) is 10.6. The van der Waals surface area contributed by atoms with Gasteiger partial charge in [0.2, 0.25) is 5.85 Å². The van der Waals surface area contributed by atoms with Crippen molar-refractivity contribution in [2.45, 2.75) is 103 Å². The second kappa shape index (κ2) is 14.7. The molecule has 9 nitrogen and oxygen atoms in total. The molecule has 3 atom stereocenters. The monoisotopic (exact) mass is 681 g/mol. The number of hydrogen-bond donors (Lipinski definition) is 1. The summed E-state index contributed by atoms with van der Waals surface area (Å²) in [4.78, 5) is 44.8. The van der Waals surface area contributed by atoms with E-state index in [1.165, 1.54) is 18.4 Å². The number of nitrogens with zero attached hydrogens (tertiary/aromatic N) is 2. The van der Waals surface area contributed by atoms with E-state index in [1.54, 1.807) is 18.2 Å². The number of ether oxygens (including phenoxy) is 2. The number of benzene rings is 2. The number of carbonyl (C=O) groups is 3. The molecular weight excluding hydrogens is 637 g/mol. The first kappa shape index (κ1) is 34.5. The zero-order chi connectivity index (χ0) is 34.0. The van der Waals surface area contributed by atoms with Gasteiger partial charge in [0.15, 0.2) is 5.78 Å². The maximum absolute atomic E-state index is 15.9. The normalized spacial score (nSPS) is 24.9.